The Bertz CT molecular complexity index is 604. The summed E-state index contributed by atoms with van der Waals surface area (Å²) >= 11 is 3.47. The van der Waals surface area contributed by atoms with Crippen LogP contribution in [0.25, 0.3) is 0 Å². The summed E-state index contributed by atoms with van der Waals surface area (Å²) in [5.74, 6) is 1.01. The van der Waals surface area contributed by atoms with Gasteiger partial charge in [0.15, 0.2) is 11.5 Å². The van der Waals surface area contributed by atoms with Gasteiger partial charge in [-0.1, -0.05) is 28.1 Å². The topological polar surface area (TPSA) is 30.5 Å². The van der Waals surface area contributed by atoms with Crippen molar-refractivity contribution in [2.24, 2.45) is 0 Å². The van der Waals surface area contributed by atoms with Crippen LogP contribution in [0.15, 0.2) is 40.9 Å². The third-order valence-electron chi connectivity index (χ3n) is 2.90. The van der Waals surface area contributed by atoms with Crippen LogP contribution in [0.4, 0.5) is 10.1 Å². The molecule has 20 heavy (non-hydrogen) atoms. The van der Waals surface area contributed by atoms with Crippen LogP contribution >= 0.6 is 15.9 Å². The lowest BCUT2D eigenvalue weighted by atomic mass is 10.2. The molecule has 5 heteroatoms. The van der Waals surface area contributed by atoms with Crippen LogP contribution in [-0.4, -0.2) is 14.2 Å². The Morgan fingerprint density at radius 2 is 1.75 bits per heavy atom. The van der Waals surface area contributed by atoms with Gasteiger partial charge in [-0.2, -0.15) is 0 Å². The van der Waals surface area contributed by atoms with Crippen molar-refractivity contribution >= 4 is 21.6 Å². The Morgan fingerprint density at radius 3 is 2.40 bits per heavy atom. The van der Waals surface area contributed by atoms with E-state index in [1.807, 2.05) is 12.1 Å². The van der Waals surface area contributed by atoms with Gasteiger partial charge >= 0.3 is 0 Å². The van der Waals surface area contributed by atoms with Gasteiger partial charge in [0.2, 0.25) is 0 Å². The Labute approximate surface area is 125 Å². The molecule has 0 aliphatic rings. The summed E-state index contributed by atoms with van der Waals surface area (Å²) in [5, 5.41) is 3.06. The molecule has 0 spiro atoms. The fourth-order valence-corrected chi connectivity index (χ4v) is 2.29. The van der Waals surface area contributed by atoms with E-state index in [0.717, 1.165) is 10.0 Å². The third-order valence-corrected chi connectivity index (χ3v) is 3.63. The van der Waals surface area contributed by atoms with Crippen LogP contribution in [-0.2, 0) is 6.54 Å². The van der Waals surface area contributed by atoms with Crippen LogP contribution in [0.5, 0.6) is 11.5 Å². The van der Waals surface area contributed by atoms with E-state index in [1.54, 1.807) is 32.4 Å². The number of hydrogen-bond acceptors (Lipinski definition) is 3. The normalized spacial score (nSPS) is 10.2. The predicted molar refractivity (Wildman–Crippen MR) is 81.0 cm³/mol. The first-order valence-corrected chi connectivity index (χ1v) is 6.83. The van der Waals surface area contributed by atoms with Crippen molar-refractivity contribution in [2.45, 2.75) is 6.54 Å². The van der Waals surface area contributed by atoms with Crippen molar-refractivity contribution in [1.82, 2.24) is 0 Å². The van der Waals surface area contributed by atoms with Gasteiger partial charge in [0, 0.05) is 11.0 Å². The van der Waals surface area contributed by atoms with Gasteiger partial charge in [-0.15, -0.1) is 0 Å². The van der Waals surface area contributed by atoms with Crippen LogP contribution in [0.3, 0.4) is 0 Å². The van der Waals surface area contributed by atoms with Crippen molar-refractivity contribution in [1.29, 1.82) is 0 Å². The van der Waals surface area contributed by atoms with Gasteiger partial charge in [-0.05, 0) is 29.8 Å². The van der Waals surface area contributed by atoms with E-state index in [1.165, 1.54) is 6.07 Å². The summed E-state index contributed by atoms with van der Waals surface area (Å²) in [6.45, 7) is 0.474. The fourth-order valence-electron chi connectivity index (χ4n) is 1.83. The Balaban J connectivity index is 2.19. The summed E-state index contributed by atoms with van der Waals surface area (Å²) in [6, 6.07) is 10.3. The lowest BCUT2D eigenvalue weighted by Crippen LogP contribution is -2.03. The summed E-state index contributed by atoms with van der Waals surface area (Å²) in [4.78, 5) is 0. The van der Waals surface area contributed by atoms with Gasteiger partial charge < -0.3 is 14.8 Å². The molecule has 0 unspecified atom stereocenters. The van der Waals surface area contributed by atoms with E-state index in [2.05, 4.69) is 21.2 Å². The minimum absolute atomic E-state index is 0.274. The number of para-hydroxylation sites is 1. The van der Waals surface area contributed by atoms with Gasteiger partial charge in [-0.3, -0.25) is 0 Å². The number of rotatable bonds is 5. The molecule has 2 rings (SSSR count). The Hall–Kier alpha value is -1.75. The van der Waals surface area contributed by atoms with Gasteiger partial charge in [0.05, 0.1) is 19.9 Å². The van der Waals surface area contributed by atoms with Crippen molar-refractivity contribution in [3.05, 3.63) is 52.3 Å². The molecule has 0 saturated carbocycles. The molecule has 0 bridgehead atoms. The quantitative estimate of drug-likeness (QED) is 0.884. The predicted octanol–water partition coefficient (Wildman–Crippen LogP) is 4.22. The average molecular weight is 340 g/mol. The van der Waals surface area contributed by atoms with Gasteiger partial charge in [0.1, 0.15) is 5.82 Å². The van der Waals surface area contributed by atoms with E-state index in [0.29, 0.717) is 23.7 Å². The number of halogens is 2. The van der Waals surface area contributed by atoms with Crippen molar-refractivity contribution in [2.75, 3.05) is 19.5 Å². The van der Waals surface area contributed by atoms with Crippen LogP contribution in [0.2, 0.25) is 0 Å². The maximum atomic E-state index is 13.5. The van der Waals surface area contributed by atoms with Crippen molar-refractivity contribution < 1.29 is 13.9 Å². The minimum atomic E-state index is -0.274. The average Bonchev–Trinajstić information content (AvgIpc) is 2.47. The molecule has 0 fully saturated rings. The molecular weight excluding hydrogens is 325 g/mol. The SMILES string of the molecule is COc1cc(Br)c(CNc2ccccc2F)cc1OC. The smallest absolute Gasteiger partial charge is 0.161 e. The zero-order valence-electron chi connectivity index (χ0n) is 11.2. The van der Waals surface area contributed by atoms with Gasteiger partial charge in [0.25, 0.3) is 0 Å². The Kier molecular flexibility index (Phi) is 4.84. The van der Waals surface area contributed by atoms with Crippen LogP contribution < -0.4 is 14.8 Å². The first-order chi connectivity index (χ1) is 9.65. The molecular formula is C15H15BrFNO2. The summed E-state index contributed by atoms with van der Waals surface area (Å²) in [5.41, 5.74) is 1.42. The number of methoxy groups -OCH3 is 2. The van der Waals surface area contributed by atoms with E-state index >= 15 is 0 Å². The number of benzene rings is 2. The molecule has 0 saturated heterocycles. The lowest BCUT2D eigenvalue weighted by molar-refractivity contribution is 0.354. The van der Waals surface area contributed by atoms with E-state index in [4.69, 9.17) is 9.47 Å². The van der Waals surface area contributed by atoms with E-state index in [9.17, 15) is 4.39 Å². The molecule has 0 amide bonds. The first-order valence-electron chi connectivity index (χ1n) is 6.04. The second kappa shape index (κ2) is 6.61. The standard InChI is InChI=1S/C15H15BrFNO2/c1-19-14-7-10(11(16)8-15(14)20-2)9-18-13-6-4-3-5-12(13)17/h3-8,18H,9H2,1-2H3. The summed E-state index contributed by atoms with van der Waals surface area (Å²) < 4.78 is 24.9. The highest BCUT2D eigenvalue weighted by Crippen LogP contribution is 2.33. The molecule has 0 aromatic heterocycles. The fraction of sp³-hybridized carbons (Fsp3) is 0.200. The molecule has 0 aliphatic heterocycles. The maximum absolute atomic E-state index is 13.5. The second-order valence-electron chi connectivity index (χ2n) is 4.13. The number of ether oxygens (including phenoxy) is 2. The highest BCUT2D eigenvalue weighted by atomic mass is 79.9. The molecule has 3 nitrogen and oxygen atoms in total. The van der Waals surface area contributed by atoms with Crippen LogP contribution in [0.1, 0.15) is 5.56 Å². The third kappa shape index (κ3) is 3.22. The Morgan fingerprint density at radius 1 is 1.10 bits per heavy atom. The molecule has 2 aromatic carbocycles. The number of nitrogens with one attached hydrogen (secondary N) is 1. The van der Waals surface area contributed by atoms with Crippen molar-refractivity contribution in [3.8, 4) is 11.5 Å². The molecule has 0 heterocycles. The molecule has 0 atom stereocenters. The van der Waals surface area contributed by atoms with Crippen molar-refractivity contribution in [3.63, 3.8) is 0 Å². The monoisotopic (exact) mass is 339 g/mol. The second-order valence-corrected chi connectivity index (χ2v) is 4.99. The summed E-state index contributed by atoms with van der Waals surface area (Å²) in [7, 11) is 3.17. The van der Waals surface area contributed by atoms with Gasteiger partial charge in [-0.25, -0.2) is 4.39 Å². The highest BCUT2D eigenvalue weighted by Gasteiger charge is 2.10. The minimum Gasteiger partial charge on any atom is -0.493 e. The lowest BCUT2D eigenvalue weighted by Gasteiger charge is -2.13. The molecule has 1 N–H and O–H groups in total. The van der Waals surface area contributed by atoms with E-state index < -0.39 is 0 Å². The van der Waals surface area contributed by atoms with E-state index in [-0.39, 0.29) is 5.82 Å². The number of hydrogen-bond donors (Lipinski definition) is 1. The molecule has 0 aliphatic carbocycles. The summed E-state index contributed by atoms with van der Waals surface area (Å²) in [6.07, 6.45) is 0. The molecule has 0 radical (unpaired) electrons. The zero-order valence-corrected chi connectivity index (χ0v) is 12.8. The zero-order chi connectivity index (χ0) is 14.5. The molecule has 2 aromatic rings. The number of anilines is 1. The van der Waals surface area contributed by atoms with Crippen LogP contribution in [0, 0.1) is 5.82 Å². The maximum Gasteiger partial charge on any atom is 0.161 e. The highest BCUT2D eigenvalue weighted by molar-refractivity contribution is 9.10. The molecule has 106 valence electrons. The first kappa shape index (κ1) is 14.7. The largest absolute Gasteiger partial charge is 0.493 e.